The van der Waals surface area contributed by atoms with Gasteiger partial charge in [-0.3, -0.25) is 0 Å². The van der Waals surface area contributed by atoms with Gasteiger partial charge in [-0.15, -0.1) is 0 Å². The first-order chi connectivity index (χ1) is 6.22. The highest BCUT2D eigenvalue weighted by Gasteiger charge is 2.36. The minimum Gasteiger partial charge on any atom is -0.330 e. The Morgan fingerprint density at radius 2 is 2.31 bits per heavy atom. The van der Waals surface area contributed by atoms with Crippen molar-refractivity contribution in [3.63, 3.8) is 0 Å². The highest BCUT2D eigenvalue weighted by Crippen LogP contribution is 2.46. The van der Waals surface area contributed by atoms with Crippen LogP contribution in [-0.4, -0.2) is 6.54 Å². The Kier molecular flexibility index (Phi) is 2.08. The number of aryl methyl sites for hydroxylation is 1. The summed E-state index contributed by atoms with van der Waals surface area (Å²) < 4.78 is 12.9. The van der Waals surface area contributed by atoms with Crippen LogP contribution in [0, 0.1) is 18.7 Å². The van der Waals surface area contributed by atoms with Gasteiger partial charge in [0, 0.05) is 0 Å². The number of rotatable bonds is 2. The highest BCUT2D eigenvalue weighted by molar-refractivity contribution is 5.30. The normalized spacial score (nSPS) is 26.1. The van der Waals surface area contributed by atoms with E-state index < -0.39 is 0 Å². The largest absolute Gasteiger partial charge is 0.330 e. The van der Waals surface area contributed by atoms with Gasteiger partial charge in [-0.05, 0) is 48.9 Å². The third kappa shape index (κ3) is 1.59. The van der Waals surface area contributed by atoms with Crippen LogP contribution in [0.2, 0.25) is 0 Å². The smallest absolute Gasteiger partial charge is 0.126 e. The average Bonchev–Trinajstić information content (AvgIpc) is 2.88. The molecule has 1 nitrogen and oxygen atoms in total. The molecule has 0 heterocycles. The third-order valence-electron chi connectivity index (χ3n) is 2.84. The predicted molar refractivity (Wildman–Crippen MR) is 51.0 cm³/mol. The minimum atomic E-state index is -0.117. The molecule has 0 radical (unpaired) electrons. The number of halogens is 1. The molecule has 1 aliphatic rings. The molecule has 0 saturated heterocycles. The number of hydrogen-bond acceptors (Lipinski definition) is 1. The van der Waals surface area contributed by atoms with Crippen molar-refractivity contribution in [3.05, 3.63) is 35.1 Å². The Balaban J connectivity index is 2.19. The maximum absolute atomic E-state index is 12.9. The van der Waals surface area contributed by atoms with Gasteiger partial charge < -0.3 is 5.73 Å². The van der Waals surface area contributed by atoms with E-state index in [1.54, 1.807) is 13.0 Å². The van der Waals surface area contributed by atoms with Crippen molar-refractivity contribution in [3.8, 4) is 0 Å². The summed E-state index contributed by atoms with van der Waals surface area (Å²) in [7, 11) is 0. The lowest BCUT2D eigenvalue weighted by atomic mass is 10.1. The Bertz CT molecular complexity index is 322. The van der Waals surface area contributed by atoms with Gasteiger partial charge in [0.25, 0.3) is 0 Å². The third-order valence-corrected chi connectivity index (χ3v) is 2.84. The van der Waals surface area contributed by atoms with E-state index in [1.165, 1.54) is 12.0 Å². The van der Waals surface area contributed by atoms with E-state index in [-0.39, 0.29) is 5.82 Å². The molecule has 13 heavy (non-hydrogen) atoms. The van der Waals surface area contributed by atoms with Gasteiger partial charge in [0.05, 0.1) is 0 Å². The Morgan fingerprint density at radius 1 is 1.54 bits per heavy atom. The van der Waals surface area contributed by atoms with Crippen molar-refractivity contribution in [1.29, 1.82) is 0 Å². The van der Waals surface area contributed by atoms with Crippen molar-refractivity contribution in [2.75, 3.05) is 6.54 Å². The fourth-order valence-electron chi connectivity index (χ4n) is 1.81. The maximum Gasteiger partial charge on any atom is 0.126 e. The molecule has 0 amide bonds. The monoisotopic (exact) mass is 179 g/mol. The first kappa shape index (κ1) is 8.70. The molecule has 0 aliphatic heterocycles. The summed E-state index contributed by atoms with van der Waals surface area (Å²) in [5.41, 5.74) is 7.54. The lowest BCUT2D eigenvalue weighted by Gasteiger charge is -2.01. The highest BCUT2D eigenvalue weighted by atomic mass is 19.1. The molecule has 0 bridgehead atoms. The summed E-state index contributed by atoms with van der Waals surface area (Å²) in [5, 5.41) is 0. The first-order valence-electron chi connectivity index (χ1n) is 4.68. The van der Waals surface area contributed by atoms with Gasteiger partial charge in [-0.25, -0.2) is 4.39 Å². The van der Waals surface area contributed by atoms with Gasteiger partial charge in [0.15, 0.2) is 0 Å². The molecule has 1 aliphatic carbocycles. The molecule has 0 aromatic heterocycles. The lowest BCUT2D eigenvalue weighted by Crippen LogP contribution is -2.02. The van der Waals surface area contributed by atoms with Crippen LogP contribution in [0.3, 0.4) is 0 Å². The molecule has 2 heteroatoms. The van der Waals surface area contributed by atoms with Crippen LogP contribution in [0.1, 0.15) is 23.5 Å². The van der Waals surface area contributed by atoms with Crippen LogP contribution < -0.4 is 5.73 Å². The molecule has 2 rings (SSSR count). The summed E-state index contributed by atoms with van der Waals surface area (Å²) in [5.74, 6) is 1.10. The first-order valence-corrected chi connectivity index (χ1v) is 4.68. The second-order valence-electron chi connectivity index (χ2n) is 3.85. The SMILES string of the molecule is Cc1cc([C@H]2C[C@@H]2CN)ccc1F. The van der Waals surface area contributed by atoms with Crippen molar-refractivity contribution in [2.45, 2.75) is 19.3 Å². The van der Waals surface area contributed by atoms with Gasteiger partial charge in [0.1, 0.15) is 5.82 Å². The van der Waals surface area contributed by atoms with Crippen LogP contribution in [0.15, 0.2) is 18.2 Å². The topological polar surface area (TPSA) is 26.0 Å². The van der Waals surface area contributed by atoms with Crippen LogP contribution in [0.25, 0.3) is 0 Å². The minimum absolute atomic E-state index is 0.117. The van der Waals surface area contributed by atoms with Crippen LogP contribution in [0.5, 0.6) is 0 Å². The predicted octanol–water partition coefficient (Wildman–Crippen LogP) is 2.20. The molecule has 1 fully saturated rings. The van der Waals surface area contributed by atoms with Crippen molar-refractivity contribution in [1.82, 2.24) is 0 Å². The number of benzene rings is 1. The molecular formula is C11H14FN. The summed E-state index contributed by atoms with van der Waals surface area (Å²) in [6.45, 7) is 2.56. The molecule has 1 aromatic rings. The van der Waals surface area contributed by atoms with Crippen LogP contribution in [0.4, 0.5) is 4.39 Å². The molecule has 2 N–H and O–H groups in total. The van der Waals surface area contributed by atoms with E-state index in [1.807, 2.05) is 12.1 Å². The van der Waals surface area contributed by atoms with Crippen molar-refractivity contribution >= 4 is 0 Å². The van der Waals surface area contributed by atoms with E-state index in [0.29, 0.717) is 11.8 Å². The summed E-state index contributed by atoms with van der Waals surface area (Å²) >= 11 is 0. The molecule has 70 valence electrons. The second-order valence-corrected chi connectivity index (χ2v) is 3.85. The lowest BCUT2D eigenvalue weighted by molar-refractivity contribution is 0.617. The Morgan fingerprint density at radius 3 is 2.85 bits per heavy atom. The van der Waals surface area contributed by atoms with E-state index >= 15 is 0 Å². The molecular weight excluding hydrogens is 165 g/mol. The fourth-order valence-corrected chi connectivity index (χ4v) is 1.81. The Hall–Kier alpha value is -0.890. The molecule has 1 aromatic carbocycles. The molecule has 1 saturated carbocycles. The molecule has 0 unspecified atom stereocenters. The van der Waals surface area contributed by atoms with Gasteiger partial charge in [0.2, 0.25) is 0 Å². The summed E-state index contributed by atoms with van der Waals surface area (Å²) in [4.78, 5) is 0. The van der Waals surface area contributed by atoms with E-state index in [0.717, 1.165) is 12.1 Å². The van der Waals surface area contributed by atoms with E-state index in [9.17, 15) is 4.39 Å². The number of nitrogens with two attached hydrogens (primary N) is 1. The zero-order valence-corrected chi connectivity index (χ0v) is 7.76. The van der Waals surface area contributed by atoms with Gasteiger partial charge in [-0.1, -0.05) is 12.1 Å². The molecule has 2 atom stereocenters. The maximum atomic E-state index is 12.9. The van der Waals surface area contributed by atoms with Gasteiger partial charge in [-0.2, -0.15) is 0 Å². The van der Waals surface area contributed by atoms with E-state index in [2.05, 4.69) is 0 Å². The van der Waals surface area contributed by atoms with E-state index in [4.69, 9.17) is 5.73 Å². The standard InChI is InChI=1S/C11H14FN/c1-7-4-8(2-3-11(7)12)10-5-9(10)6-13/h2-4,9-10H,5-6,13H2,1H3/t9-,10-/m1/s1. The van der Waals surface area contributed by atoms with Gasteiger partial charge >= 0.3 is 0 Å². The Labute approximate surface area is 77.8 Å². The van der Waals surface area contributed by atoms with Crippen molar-refractivity contribution in [2.24, 2.45) is 11.7 Å². The zero-order valence-electron chi connectivity index (χ0n) is 7.76. The zero-order chi connectivity index (χ0) is 9.42. The fraction of sp³-hybridized carbons (Fsp3) is 0.455. The second kappa shape index (κ2) is 3.11. The van der Waals surface area contributed by atoms with Crippen LogP contribution >= 0.6 is 0 Å². The average molecular weight is 179 g/mol. The molecule has 0 spiro atoms. The van der Waals surface area contributed by atoms with Crippen LogP contribution in [-0.2, 0) is 0 Å². The summed E-state index contributed by atoms with van der Waals surface area (Å²) in [6, 6.07) is 5.37. The quantitative estimate of drug-likeness (QED) is 0.740. The summed E-state index contributed by atoms with van der Waals surface area (Å²) in [6.07, 6.45) is 1.17. The number of hydrogen-bond donors (Lipinski definition) is 1. The van der Waals surface area contributed by atoms with Crippen molar-refractivity contribution < 1.29 is 4.39 Å².